The van der Waals surface area contributed by atoms with Crippen molar-refractivity contribution in [2.75, 3.05) is 32.1 Å². The van der Waals surface area contributed by atoms with Crippen LogP contribution in [0, 0.1) is 0 Å². The van der Waals surface area contributed by atoms with Crippen LogP contribution < -0.4 is 9.64 Å². The van der Waals surface area contributed by atoms with Gasteiger partial charge < -0.3 is 19.6 Å². The predicted molar refractivity (Wildman–Crippen MR) is 132 cm³/mol. The molecule has 1 N–H and O–H groups in total. The van der Waals surface area contributed by atoms with Gasteiger partial charge in [0.1, 0.15) is 11.5 Å². The Hall–Kier alpha value is -2.99. The molecule has 1 aliphatic rings. The van der Waals surface area contributed by atoms with Crippen molar-refractivity contribution in [2.45, 2.75) is 39.2 Å². The number of aliphatic hydroxyl groups is 1. The van der Waals surface area contributed by atoms with Gasteiger partial charge in [-0.05, 0) is 49.2 Å². The van der Waals surface area contributed by atoms with Crippen LogP contribution in [0.25, 0.3) is 5.76 Å². The number of halogens is 1. The summed E-state index contributed by atoms with van der Waals surface area (Å²) < 4.78 is 5.54. The summed E-state index contributed by atoms with van der Waals surface area (Å²) >= 11 is 6.38. The second kappa shape index (κ2) is 10.8. The number of amides is 1. The molecule has 1 amide bonds. The number of aliphatic hydroxyl groups excluding tert-OH is 1. The molecule has 0 radical (unpaired) electrons. The molecule has 1 fully saturated rings. The van der Waals surface area contributed by atoms with Gasteiger partial charge in [0, 0.05) is 31.9 Å². The van der Waals surface area contributed by atoms with Crippen LogP contribution in [-0.2, 0) is 9.59 Å². The lowest BCUT2D eigenvalue weighted by Gasteiger charge is -2.26. The molecule has 0 aromatic heterocycles. The lowest BCUT2D eigenvalue weighted by molar-refractivity contribution is -0.139. The maximum atomic E-state index is 13.2. The van der Waals surface area contributed by atoms with E-state index < -0.39 is 17.7 Å². The van der Waals surface area contributed by atoms with Crippen molar-refractivity contribution in [3.8, 4) is 5.75 Å². The molecule has 1 atom stereocenters. The fourth-order valence-corrected chi connectivity index (χ4v) is 4.24. The van der Waals surface area contributed by atoms with Crippen LogP contribution in [0.5, 0.6) is 5.75 Å². The highest BCUT2D eigenvalue weighted by atomic mass is 35.5. The fraction of sp³-hybridized carbons (Fsp3) is 0.385. The average molecular weight is 471 g/mol. The van der Waals surface area contributed by atoms with Crippen LogP contribution in [-0.4, -0.2) is 48.9 Å². The smallest absolute Gasteiger partial charge is 0.295 e. The molecule has 1 saturated heterocycles. The molecule has 1 aliphatic heterocycles. The van der Waals surface area contributed by atoms with Gasteiger partial charge in [-0.2, -0.15) is 0 Å². The number of carbonyl (C=O) groups is 2. The molecule has 2 aromatic carbocycles. The molecule has 7 heteroatoms. The molecule has 176 valence electrons. The number of benzene rings is 2. The van der Waals surface area contributed by atoms with E-state index in [1.807, 2.05) is 50.2 Å². The van der Waals surface area contributed by atoms with Crippen LogP contribution >= 0.6 is 11.6 Å². The second-order valence-corrected chi connectivity index (χ2v) is 8.67. The largest absolute Gasteiger partial charge is 0.507 e. The molecule has 0 bridgehead atoms. The number of nitrogens with zero attached hydrogens (tertiary/aromatic N) is 2. The first-order valence-electron chi connectivity index (χ1n) is 11.3. The van der Waals surface area contributed by atoms with Gasteiger partial charge in [-0.3, -0.25) is 9.59 Å². The van der Waals surface area contributed by atoms with Crippen molar-refractivity contribution in [2.24, 2.45) is 0 Å². The highest BCUT2D eigenvalue weighted by Crippen LogP contribution is 2.41. The molecule has 1 unspecified atom stereocenters. The SMILES string of the molecule is CCCCCN1C(=O)C(=O)/C(=C(/O)c2cc(OCC)ccc2Cl)C1c1ccc(N(C)C)cc1. The van der Waals surface area contributed by atoms with Crippen molar-refractivity contribution in [3.63, 3.8) is 0 Å². The van der Waals surface area contributed by atoms with E-state index >= 15 is 0 Å². The number of ether oxygens (including phenoxy) is 1. The quantitative estimate of drug-likeness (QED) is 0.229. The van der Waals surface area contributed by atoms with E-state index in [1.54, 1.807) is 23.1 Å². The first kappa shape index (κ1) is 24.6. The van der Waals surface area contributed by atoms with E-state index in [9.17, 15) is 14.7 Å². The minimum Gasteiger partial charge on any atom is -0.507 e. The Bertz CT molecular complexity index is 1050. The van der Waals surface area contributed by atoms with Crippen LogP contribution in [0.4, 0.5) is 5.69 Å². The number of carbonyl (C=O) groups excluding carboxylic acids is 2. The number of likely N-dealkylation sites (tertiary alicyclic amines) is 1. The summed E-state index contributed by atoms with van der Waals surface area (Å²) in [5, 5.41) is 11.6. The molecule has 1 heterocycles. The minimum atomic E-state index is -0.705. The summed E-state index contributed by atoms with van der Waals surface area (Å²) in [6.07, 6.45) is 2.71. The van der Waals surface area contributed by atoms with Crippen molar-refractivity contribution >= 4 is 34.7 Å². The van der Waals surface area contributed by atoms with Crippen molar-refractivity contribution in [1.82, 2.24) is 4.90 Å². The maximum absolute atomic E-state index is 13.2. The average Bonchev–Trinajstić information content (AvgIpc) is 3.05. The summed E-state index contributed by atoms with van der Waals surface area (Å²) in [4.78, 5) is 29.7. The zero-order chi connectivity index (χ0) is 24.1. The molecule has 0 spiro atoms. The zero-order valence-corrected chi connectivity index (χ0v) is 20.4. The number of rotatable bonds is 9. The fourth-order valence-electron chi connectivity index (χ4n) is 4.03. The van der Waals surface area contributed by atoms with Crippen molar-refractivity contribution < 1.29 is 19.4 Å². The van der Waals surface area contributed by atoms with E-state index in [-0.39, 0.29) is 21.9 Å². The topological polar surface area (TPSA) is 70.1 Å². The first-order chi connectivity index (χ1) is 15.8. The van der Waals surface area contributed by atoms with E-state index in [0.717, 1.165) is 30.5 Å². The van der Waals surface area contributed by atoms with Gasteiger partial charge in [0.25, 0.3) is 11.7 Å². The third kappa shape index (κ3) is 5.17. The summed E-state index contributed by atoms with van der Waals surface area (Å²) in [6.45, 7) is 4.82. The number of ketones is 1. The van der Waals surface area contributed by atoms with Gasteiger partial charge in [0.2, 0.25) is 0 Å². The van der Waals surface area contributed by atoms with E-state index in [2.05, 4.69) is 6.92 Å². The van der Waals surface area contributed by atoms with Crippen LogP contribution in [0.2, 0.25) is 5.02 Å². The van der Waals surface area contributed by atoms with Crippen molar-refractivity contribution in [3.05, 3.63) is 64.2 Å². The zero-order valence-electron chi connectivity index (χ0n) is 19.6. The van der Waals surface area contributed by atoms with Gasteiger partial charge in [-0.1, -0.05) is 43.5 Å². The lowest BCUT2D eigenvalue weighted by atomic mass is 9.95. The Balaban J connectivity index is 2.15. The number of anilines is 1. The number of hydrogen-bond acceptors (Lipinski definition) is 5. The summed E-state index contributed by atoms with van der Waals surface area (Å²) in [5.74, 6) is -1.08. The molecular weight excluding hydrogens is 440 g/mol. The van der Waals surface area contributed by atoms with Gasteiger partial charge in [-0.25, -0.2) is 0 Å². The summed E-state index contributed by atoms with van der Waals surface area (Å²) in [7, 11) is 3.89. The highest BCUT2D eigenvalue weighted by molar-refractivity contribution is 6.47. The molecule has 33 heavy (non-hydrogen) atoms. The number of hydrogen-bond donors (Lipinski definition) is 1. The van der Waals surface area contributed by atoms with Gasteiger partial charge in [0.05, 0.1) is 23.2 Å². The van der Waals surface area contributed by atoms with Gasteiger partial charge in [-0.15, -0.1) is 0 Å². The minimum absolute atomic E-state index is 0.0460. The van der Waals surface area contributed by atoms with E-state index in [4.69, 9.17) is 16.3 Å². The number of unbranched alkanes of at least 4 members (excludes halogenated alkanes) is 2. The van der Waals surface area contributed by atoms with Crippen molar-refractivity contribution in [1.29, 1.82) is 0 Å². The Morgan fingerprint density at radius 1 is 1.09 bits per heavy atom. The molecule has 6 nitrogen and oxygen atoms in total. The molecule has 0 saturated carbocycles. The molecule has 0 aliphatic carbocycles. The molecular formula is C26H31ClN2O4. The van der Waals surface area contributed by atoms with Crippen LogP contribution in [0.15, 0.2) is 48.0 Å². The standard InChI is InChI=1S/C26H31ClN2O4/c1-5-7-8-15-29-23(17-9-11-18(12-10-17)28(3)4)22(25(31)26(29)32)24(30)20-16-19(33-6-2)13-14-21(20)27/h9-14,16,23,30H,5-8,15H2,1-4H3/b24-22+. The molecule has 2 aromatic rings. The van der Waals surface area contributed by atoms with Crippen LogP contribution in [0.3, 0.4) is 0 Å². The third-order valence-corrected chi connectivity index (χ3v) is 6.10. The Labute approximate surface area is 200 Å². The number of Topliss-reactive ketones (excluding diaryl/α,β-unsaturated/α-hetero) is 1. The van der Waals surface area contributed by atoms with E-state index in [1.165, 1.54) is 0 Å². The monoisotopic (exact) mass is 470 g/mol. The second-order valence-electron chi connectivity index (χ2n) is 8.26. The normalized spacial score (nSPS) is 17.5. The lowest BCUT2D eigenvalue weighted by Crippen LogP contribution is -2.30. The first-order valence-corrected chi connectivity index (χ1v) is 11.7. The predicted octanol–water partition coefficient (Wildman–Crippen LogP) is 5.42. The Morgan fingerprint density at radius 2 is 1.79 bits per heavy atom. The van der Waals surface area contributed by atoms with Crippen LogP contribution in [0.1, 0.15) is 50.3 Å². The highest BCUT2D eigenvalue weighted by Gasteiger charge is 2.46. The summed E-state index contributed by atoms with van der Waals surface area (Å²) in [6, 6.07) is 11.9. The summed E-state index contributed by atoms with van der Waals surface area (Å²) in [5.41, 5.74) is 2.07. The Kier molecular flexibility index (Phi) is 8.03. The maximum Gasteiger partial charge on any atom is 0.295 e. The molecule has 3 rings (SSSR count). The van der Waals surface area contributed by atoms with Gasteiger partial charge >= 0.3 is 0 Å². The van der Waals surface area contributed by atoms with E-state index in [0.29, 0.717) is 18.9 Å². The third-order valence-electron chi connectivity index (χ3n) is 5.77. The van der Waals surface area contributed by atoms with Gasteiger partial charge in [0.15, 0.2) is 0 Å². The Morgan fingerprint density at radius 3 is 2.39 bits per heavy atom.